The SMILES string of the molecule is NC(=O)Oc1ccc2c(c1)C(=O)C(=Cc1ccncc1)C2. The zero-order valence-corrected chi connectivity index (χ0v) is 11.1. The van der Waals surface area contributed by atoms with E-state index in [1.807, 2.05) is 18.2 Å². The van der Waals surface area contributed by atoms with Crippen molar-refractivity contribution < 1.29 is 14.3 Å². The summed E-state index contributed by atoms with van der Waals surface area (Å²) in [7, 11) is 0. The van der Waals surface area contributed by atoms with Crippen LogP contribution >= 0.6 is 0 Å². The van der Waals surface area contributed by atoms with Gasteiger partial charge in [-0.15, -0.1) is 0 Å². The molecule has 3 rings (SSSR count). The van der Waals surface area contributed by atoms with Crippen LogP contribution in [0.15, 0.2) is 48.3 Å². The highest BCUT2D eigenvalue weighted by Gasteiger charge is 2.25. The molecule has 1 amide bonds. The maximum atomic E-state index is 12.4. The van der Waals surface area contributed by atoms with E-state index in [0.29, 0.717) is 17.6 Å². The molecule has 104 valence electrons. The van der Waals surface area contributed by atoms with Crippen LogP contribution in [0.2, 0.25) is 0 Å². The van der Waals surface area contributed by atoms with Gasteiger partial charge in [-0.3, -0.25) is 9.78 Å². The molecule has 0 unspecified atom stereocenters. The molecule has 0 fully saturated rings. The highest BCUT2D eigenvalue weighted by atomic mass is 16.5. The number of hydrogen-bond acceptors (Lipinski definition) is 4. The van der Waals surface area contributed by atoms with Gasteiger partial charge in [-0.2, -0.15) is 0 Å². The smallest absolute Gasteiger partial charge is 0.409 e. The van der Waals surface area contributed by atoms with Gasteiger partial charge in [0.05, 0.1) is 0 Å². The quantitative estimate of drug-likeness (QED) is 0.856. The van der Waals surface area contributed by atoms with Gasteiger partial charge in [-0.1, -0.05) is 6.07 Å². The summed E-state index contributed by atoms with van der Waals surface area (Å²) in [6, 6.07) is 8.64. The van der Waals surface area contributed by atoms with Crippen molar-refractivity contribution >= 4 is 18.0 Å². The first kappa shape index (κ1) is 13.1. The van der Waals surface area contributed by atoms with Gasteiger partial charge in [0.15, 0.2) is 5.78 Å². The summed E-state index contributed by atoms with van der Waals surface area (Å²) >= 11 is 0. The molecule has 1 aromatic heterocycles. The van der Waals surface area contributed by atoms with Crippen LogP contribution < -0.4 is 10.5 Å². The van der Waals surface area contributed by atoms with Crippen molar-refractivity contribution in [3.63, 3.8) is 0 Å². The van der Waals surface area contributed by atoms with Crippen LogP contribution in [0.4, 0.5) is 4.79 Å². The Hall–Kier alpha value is -2.95. The molecule has 0 bridgehead atoms. The number of hydrogen-bond donors (Lipinski definition) is 1. The van der Waals surface area contributed by atoms with Gasteiger partial charge in [-0.25, -0.2) is 4.79 Å². The molecule has 0 saturated heterocycles. The van der Waals surface area contributed by atoms with E-state index in [1.165, 1.54) is 0 Å². The second-order valence-corrected chi connectivity index (χ2v) is 4.70. The Labute approximate surface area is 121 Å². The monoisotopic (exact) mass is 280 g/mol. The molecule has 0 radical (unpaired) electrons. The van der Waals surface area contributed by atoms with Crippen molar-refractivity contribution in [2.45, 2.75) is 6.42 Å². The molecule has 1 aliphatic carbocycles. The maximum Gasteiger partial charge on any atom is 0.409 e. The second-order valence-electron chi connectivity index (χ2n) is 4.70. The molecule has 2 N–H and O–H groups in total. The molecule has 21 heavy (non-hydrogen) atoms. The Bertz CT molecular complexity index is 751. The van der Waals surface area contributed by atoms with Crippen LogP contribution in [0, 0.1) is 0 Å². The molecule has 0 aliphatic heterocycles. The number of fused-ring (bicyclic) bond motifs is 1. The Kier molecular flexibility index (Phi) is 3.23. The van der Waals surface area contributed by atoms with E-state index in [-0.39, 0.29) is 11.5 Å². The van der Waals surface area contributed by atoms with E-state index < -0.39 is 6.09 Å². The number of Topliss-reactive ketones (excluding diaryl/α,β-unsaturated/α-hetero) is 1. The Morgan fingerprint density at radius 2 is 2.00 bits per heavy atom. The highest BCUT2D eigenvalue weighted by molar-refractivity contribution is 6.15. The maximum absolute atomic E-state index is 12.4. The van der Waals surface area contributed by atoms with Gasteiger partial charge in [-0.05, 0) is 41.5 Å². The average molecular weight is 280 g/mol. The van der Waals surface area contributed by atoms with Gasteiger partial charge in [0, 0.05) is 30.0 Å². The number of carbonyl (C=O) groups excluding carboxylic acids is 2. The van der Waals surface area contributed by atoms with E-state index in [4.69, 9.17) is 10.5 Å². The van der Waals surface area contributed by atoms with Crippen molar-refractivity contribution in [3.05, 3.63) is 65.0 Å². The first-order valence-corrected chi connectivity index (χ1v) is 6.39. The molecule has 2 aromatic rings. The summed E-state index contributed by atoms with van der Waals surface area (Å²) in [5, 5.41) is 0. The average Bonchev–Trinajstić information content (AvgIpc) is 2.76. The molecule has 0 spiro atoms. The molecule has 1 aromatic carbocycles. The van der Waals surface area contributed by atoms with Gasteiger partial charge < -0.3 is 10.5 Å². The summed E-state index contributed by atoms with van der Waals surface area (Å²) in [6.45, 7) is 0. The number of aromatic nitrogens is 1. The first-order valence-electron chi connectivity index (χ1n) is 6.39. The molecule has 1 heterocycles. The Balaban J connectivity index is 1.92. The van der Waals surface area contributed by atoms with Crippen LogP contribution in [0.3, 0.4) is 0 Å². The normalized spacial score (nSPS) is 15.0. The zero-order valence-electron chi connectivity index (χ0n) is 11.1. The molecule has 5 heteroatoms. The summed E-state index contributed by atoms with van der Waals surface area (Å²) < 4.78 is 4.80. The van der Waals surface area contributed by atoms with E-state index in [9.17, 15) is 9.59 Å². The molecule has 5 nitrogen and oxygen atoms in total. The van der Waals surface area contributed by atoms with Crippen LogP contribution in [0.5, 0.6) is 5.75 Å². The third-order valence-electron chi connectivity index (χ3n) is 3.26. The lowest BCUT2D eigenvalue weighted by Crippen LogP contribution is -2.16. The number of nitrogens with two attached hydrogens (primary N) is 1. The number of ether oxygens (including phenoxy) is 1. The third-order valence-corrected chi connectivity index (χ3v) is 3.26. The number of amides is 1. The minimum Gasteiger partial charge on any atom is -0.410 e. The highest BCUT2D eigenvalue weighted by Crippen LogP contribution is 2.30. The zero-order chi connectivity index (χ0) is 14.8. The lowest BCUT2D eigenvalue weighted by Gasteiger charge is -2.02. The summed E-state index contributed by atoms with van der Waals surface area (Å²) in [5.41, 5.74) is 8.06. The molecule has 1 aliphatic rings. The first-order chi connectivity index (χ1) is 10.1. The predicted molar refractivity (Wildman–Crippen MR) is 76.9 cm³/mol. The molecular weight excluding hydrogens is 268 g/mol. The second kappa shape index (κ2) is 5.20. The van der Waals surface area contributed by atoms with Crippen LogP contribution in [-0.2, 0) is 6.42 Å². The van der Waals surface area contributed by atoms with E-state index in [2.05, 4.69) is 4.98 Å². The number of pyridine rings is 1. The van der Waals surface area contributed by atoms with E-state index in [0.717, 1.165) is 11.1 Å². The fraction of sp³-hybridized carbons (Fsp3) is 0.0625. The number of ketones is 1. The van der Waals surface area contributed by atoms with Crippen molar-refractivity contribution in [1.82, 2.24) is 4.98 Å². The van der Waals surface area contributed by atoms with Gasteiger partial charge in [0.2, 0.25) is 0 Å². The van der Waals surface area contributed by atoms with Crippen LogP contribution in [0.1, 0.15) is 21.5 Å². The number of benzene rings is 1. The Morgan fingerprint density at radius 1 is 1.24 bits per heavy atom. The fourth-order valence-electron chi connectivity index (χ4n) is 2.34. The minimum absolute atomic E-state index is 0.0586. The van der Waals surface area contributed by atoms with Crippen molar-refractivity contribution in [1.29, 1.82) is 0 Å². The number of primary amides is 1. The lowest BCUT2D eigenvalue weighted by molar-refractivity contribution is 0.104. The van der Waals surface area contributed by atoms with Crippen LogP contribution in [0.25, 0.3) is 6.08 Å². The van der Waals surface area contributed by atoms with Gasteiger partial charge in [0.25, 0.3) is 0 Å². The third kappa shape index (κ3) is 2.67. The topological polar surface area (TPSA) is 82.3 Å². The van der Waals surface area contributed by atoms with E-state index >= 15 is 0 Å². The van der Waals surface area contributed by atoms with Crippen molar-refractivity contribution in [2.24, 2.45) is 5.73 Å². The number of carbonyl (C=O) groups is 2. The molecule has 0 atom stereocenters. The van der Waals surface area contributed by atoms with Crippen molar-refractivity contribution in [3.8, 4) is 5.75 Å². The van der Waals surface area contributed by atoms with Gasteiger partial charge in [0.1, 0.15) is 5.75 Å². The minimum atomic E-state index is -0.895. The fourth-order valence-corrected chi connectivity index (χ4v) is 2.34. The van der Waals surface area contributed by atoms with E-state index in [1.54, 1.807) is 30.6 Å². The molecular formula is C16H12N2O3. The van der Waals surface area contributed by atoms with Crippen LogP contribution in [-0.4, -0.2) is 16.9 Å². The predicted octanol–water partition coefficient (Wildman–Crippen LogP) is 2.36. The standard InChI is InChI=1S/C16H12N2O3/c17-16(20)21-13-2-1-11-8-12(15(19)14(11)9-13)7-10-3-5-18-6-4-10/h1-7,9H,8H2,(H2,17,20). The van der Waals surface area contributed by atoms with Gasteiger partial charge >= 0.3 is 6.09 Å². The summed E-state index contributed by atoms with van der Waals surface area (Å²) in [4.78, 5) is 27.1. The largest absolute Gasteiger partial charge is 0.410 e. The number of nitrogens with zero attached hydrogens (tertiary/aromatic N) is 1. The Morgan fingerprint density at radius 3 is 2.71 bits per heavy atom. The number of rotatable bonds is 2. The van der Waals surface area contributed by atoms with Crippen molar-refractivity contribution in [2.75, 3.05) is 0 Å². The molecule has 0 saturated carbocycles. The lowest BCUT2D eigenvalue weighted by atomic mass is 10.1. The summed E-state index contributed by atoms with van der Waals surface area (Å²) in [5.74, 6) is 0.219. The summed E-state index contributed by atoms with van der Waals surface area (Å²) in [6.07, 6.45) is 4.87. The number of allylic oxidation sites excluding steroid dienone is 1.